The number of hydrogen-bond donors (Lipinski definition) is 1. The third-order valence-electron chi connectivity index (χ3n) is 4.97. The van der Waals surface area contributed by atoms with E-state index in [-0.39, 0.29) is 0 Å². The van der Waals surface area contributed by atoms with E-state index in [9.17, 15) is 0 Å². The van der Waals surface area contributed by atoms with Gasteiger partial charge in [-0.2, -0.15) is 0 Å². The van der Waals surface area contributed by atoms with Gasteiger partial charge in [-0.05, 0) is 54.7 Å². The van der Waals surface area contributed by atoms with Crippen molar-refractivity contribution < 1.29 is 4.74 Å². The molecule has 1 fully saturated rings. The Balaban J connectivity index is 1.68. The van der Waals surface area contributed by atoms with Gasteiger partial charge in [0, 0.05) is 18.2 Å². The topological polar surface area (TPSA) is 21.3 Å². The van der Waals surface area contributed by atoms with Crippen molar-refractivity contribution in [3.05, 3.63) is 64.0 Å². The minimum absolute atomic E-state index is 0.619. The summed E-state index contributed by atoms with van der Waals surface area (Å²) in [5.41, 5.74) is 2.70. The van der Waals surface area contributed by atoms with E-state index in [2.05, 4.69) is 73.8 Å². The molecule has 0 heterocycles. The van der Waals surface area contributed by atoms with Crippen molar-refractivity contribution in [1.82, 2.24) is 5.32 Å². The van der Waals surface area contributed by atoms with Gasteiger partial charge in [0.05, 0.1) is 7.11 Å². The van der Waals surface area contributed by atoms with Crippen LogP contribution >= 0.6 is 0 Å². The Morgan fingerprint density at radius 1 is 1.08 bits per heavy atom. The summed E-state index contributed by atoms with van der Waals surface area (Å²) in [6.45, 7) is 5.05. The van der Waals surface area contributed by atoms with Gasteiger partial charge < -0.3 is 10.1 Å². The van der Waals surface area contributed by atoms with Gasteiger partial charge in [-0.15, -0.1) is 0 Å². The molecular formula is C22H27NO. The molecule has 1 N–H and O–H groups in total. The summed E-state index contributed by atoms with van der Waals surface area (Å²) in [5.74, 6) is 1.73. The Labute approximate surface area is 144 Å². The van der Waals surface area contributed by atoms with E-state index in [1.54, 1.807) is 7.11 Å². The van der Waals surface area contributed by atoms with E-state index in [1.165, 1.54) is 34.4 Å². The van der Waals surface area contributed by atoms with Crippen LogP contribution in [0.4, 0.5) is 0 Å². The van der Waals surface area contributed by atoms with Crippen molar-refractivity contribution >= 4 is 12.2 Å². The monoisotopic (exact) mass is 321 g/mol. The summed E-state index contributed by atoms with van der Waals surface area (Å²) < 4.78 is 5.59. The molecule has 0 amide bonds. The number of nitrogens with one attached hydrogen (secondary N) is 1. The minimum atomic E-state index is 0.619. The molecule has 1 saturated carbocycles. The van der Waals surface area contributed by atoms with E-state index < -0.39 is 0 Å². The maximum Gasteiger partial charge on any atom is 0.123 e. The van der Waals surface area contributed by atoms with Crippen LogP contribution in [-0.2, 0) is 13.0 Å². The van der Waals surface area contributed by atoms with Crippen molar-refractivity contribution in [3.63, 3.8) is 0 Å². The molecule has 0 saturated heterocycles. The fraction of sp³-hybridized carbons (Fsp3) is 0.364. The molecule has 2 aromatic carbocycles. The predicted molar refractivity (Wildman–Crippen MR) is 101 cm³/mol. The van der Waals surface area contributed by atoms with Crippen molar-refractivity contribution in [2.45, 2.75) is 39.3 Å². The summed E-state index contributed by atoms with van der Waals surface area (Å²) in [5, 5.41) is 6.28. The van der Waals surface area contributed by atoms with Crippen LogP contribution in [0.25, 0.3) is 12.2 Å². The Kier molecular flexibility index (Phi) is 5.37. The van der Waals surface area contributed by atoms with Crippen molar-refractivity contribution in [1.29, 1.82) is 0 Å². The van der Waals surface area contributed by atoms with Crippen molar-refractivity contribution in [2.24, 2.45) is 5.92 Å². The highest BCUT2D eigenvalue weighted by Gasteiger charge is 2.36. The molecule has 0 spiro atoms. The first-order valence-corrected chi connectivity index (χ1v) is 8.82. The van der Waals surface area contributed by atoms with Crippen LogP contribution < -0.4 is 20.5 Å². The zero-order valence-corrected chi connectivity index (χ0v) is 14.9. The second kappa shape index (κ2) is 7.67. The lowest BCUT2D eigenvalue weighted by molar-refractivity contribution is 0.406. The maximum atomic E-state index is 5.59. The Bertz CT molecular complexity index is 795. The molecule has 24 heavy (non-hydrogen) atoms. The number of hydrogen-bond acceptors (Lipinski definition) is 2. The Morgan fingerprint density at radius 3 is 2.54 bits per heavy atom. The number of methoxy groups -OCH3 is 1. The maximum absolute atomic E-state index is 5.59. The largest absolute Gasteiger partial charge is 0.496 e. The highest BCUT2D eigenvalue weighted by Crippen LogP contribution is 2.34. The molecule has 3 rings (SSSR count). The second-order valence-corrected chi connectivity index (χ2v) is 6.50. The molecule has 1 aliphatic carbocycles. The molecular weight excluding hydrogens is 294 g/mol. The number of rotatable bonds is 6. The van der Waals surface area contributed by atoms with Crippen LogP contribution in [0, 0.1) is 5.92 Å². The molecule has 2 heteroatoms. The van der Waals surface area contributed by atoms with Gasteiger partial charge in [0.1, 0.15) is 5.75 Å². The molecule has 126 valence electrons. The van der Waals surface area contributed by atoms with Crippen LogP contribution in [-0.4, -0.2) is 13.2 Å². The quantitative estimate of drug-likeness (QED) is 0.883. The average molecular weight is 321 g/mol. The zero-order chi connectivity index (χ0) is 16.9. The first-order valence-electron chi connectivity index (χ1n) is 8.82. The van der Waals surface area contributed by atoms with Crippen LogP contribution in [0.2, 0.25) is 0 Å². The van der Waals surface area contributed by atoms with E-state index >= 15 is 0 Å². The first kappa shape index (κ1) is 16.8. The second-order valence-electron chi connectivity index (χ2n) is 6.50. The van der Waals surface area contributed by atoms with Crippen molar-refractivity contribution in [2.75, 3.05) is 7.11 Å². The highest BCUT2D eigenvalue weighted by molar-refractivity contribution is 5.42. The van der Waals surface area contributed by atoms with Crippen LogP contribution in [0.3, 0.4) is 0 Å². The summed E-state index contributed by atoms with van der Waals surface area (Å²) in [6.07, 6.45) is 6.78. The van der Waals surface area contributed by atoms with Crippen LogP contribution in [0.1, 0.15) is 31.4 Å². The van der Waals surface area contributed by atoms with Crippen molar-refractivity contribution in [3.8, 4) is 5.75 Å². The first-order chi connectivity index (χ1) is 11.8. The zero-order valence-electron chi connectivity index (χ0n) is 14.9. The molecule has 2 nitrogen and oxygen atoms in total. The van der Waals surface area contributed by atoms with E-state index in [0.29, 0.717) is 6.04 Å². The minimum Gasteiger partial charge on any atom is -0.496 e. The number of ether oxygens (including phenoxy) is 1. The van der Waals surface area contributed by atoms with Gasteiger partial charge in [0.15, 0.2) is 0 Å². The third kappa shape index (κ3) is 3.70. The highest BCUT2D eigenvalue weighted by atomic mass is 16.5. The van der Waals surface area contributed by atoms with E-state index in [1.807, 2.05) is 0 Å². The van der Waals surface area contributed by atoms with Gasteiger partial charge in [-0.3, -0.25) is 0 Å². The molecule has 0 aliphatic heterocycles. The summed E-state index contributed by atoms with van der Waals surface area (Å²) in [4.78, 5) is 0. The van der Waals surface area contributed by atoms with Gasteiger partial charge >= 0.3 is 0 Å². The fourth-order valence-electron chi connectivity index (χ4n) is 3.50. The SMILES string of the molecule is CC=c1ccc(OC)c(CNC2CC2Cc2ccccc2)c1=CC. The Hall–Kier alpha value is -2.06. The van der Waals surface area contributed by atoms with Gasteiger partial charge in [0.2, 0.25) is 0 Å². The molecule has 2 aromatic rings. The third-order valence-corrected chi connectivity index (χ3v) is 4.97. The molecule has 2 unspecified atom stereocenters. The van der Waals surface area contributed by atoms with E-state index in [4.69, 9.17) is 4.74 Å². The van der Waals surface area contributed by atoms with Gasteiger partial charge in [-0.25, -0.2) is 0 Å². The fourth-order valence-corrected chi connectivity index (χ4v) is 3.50. The van der Waals surface area contributed by atoms with Crippen LogP contribution in [0.15, 0.2) is 42.5 Å². The predicted octanol–water partition coefficient (Wildman–Crippen LogP) is 3.02. The van der Waals surface area contributed by atoms with Gasteiger partial charge in [0.25, 0.3) is 0 Å². The summed E-state index contributed by atoms with van der Waals surface area (Å²) >= 11 is 0. The normalized spacial score (nSPS) is 21.1. The lowest BCUT2D eigenvalue weighted by Crippen LogP contribution is -2.32. The summed E-state index contributed by atoms with van der Waals surface area (Å²) in [6, 6.07) is 15.6. The standard InChI is InChI=1S/C22H27NO/c1-4-17-11-12-22(24-3)20(19(17)5-2)15-23-21-14-18(21)13-16-9-7-6-8-10-16/h4-12,18,21,23H,13-15H2,1-3H3. The average Bonchev–Trinajstić information content (AvgIpc) is 3.37. The van der Waals surface area contributed by atoms with Crippen LogP contribution in [0.5, 0.6) is 5.75 Å². The molecule has 0 bridgehead atoms. The number of benzene rings is 2. The smallest absolute Gasteiger partial charge is 0.123 e. The molecule has 2 atom stereocenters. The Morgan fingerprint density at radius 2 is 1.88 bits per heavy atom. The lowest BCUT2D eigenvalue weighted by atomic mass is 10.1. The molecule has 0 radical (unpaired) electrons. The van der Waals surface area contributed by atoms with Gasteiger partial charge in [-0.1, -0.05) is 48.6 Å². The van der Waals surface area contributed by atoms with E-state index in [0.717, 1.165) is 18.2 Å². The molecule has 0 aromatic heterocycles. The molecule has 1 aliphatic rings. The summed E-state index contributed by atoms with van der Waals surface area (Å²) in [7, 11) is 1.75. The lowest BCUT2D eigenvalue weighted by Gasteiger charge is -2.11.